The number of aliphatic carboxylic acids is 1. The van der Waals surface area contributed by atoms with E-state index in [0.717, 1.165) is 13.8 Å². The quantitative estimate of drug-likeness (QED) is 0.397. The van der Waals surface area contributed by atoms with Crippen LogP contribution in [0.4, 0.5) is 13.2 Å². The highest BCUT2D eigenvalue weighted by Gasteiger charge is 2.48. The Labute approximate surface area is 231 Å². The van der Waals surface area contributed by atoms with Crippen molar-refractivity contribution in [3.63, 3.8) is 0 Å². The average Bonchev–Trinajstić information content (AvgIpc) is 3.35. The minimum Gasteiger partial charge on any atom is -0.496 e. The van der Waals surface area contributed by atoms with Crippen LogP contribution in [0.25, 0.3) is 0 Å². The minimum absolute atomic E-state index is 0.0759. The molecule has 0 aliphatic heterocycles. The predicted octanol–water partition coefficient (Wildman–Crippen LogP) is 4.58. The van der Waals surface area contributed by atoms with Crippen molar-refractivity contribution in [1.29, 1.82) is 5.26 Å². The van der Waals surface area contributed by atoms with Gasteiger partial charge in [0.15, 0.2) is 0 Å². The zero-order valence-corrected chi connectivity index (χ0v) is 23.1. The Morgan fingerprint density at radius 1 is 1.12 bits per heavy atom. The number of rotatable bonds is 9. The first-order valence-corrected chi connectivity index (χ1v) is 13.3. The number of amides is 2. The van der Waals surface area contributed by atoms with Crippen LogP contribution >= 0.6 is 0 Å². The first-order chi connectivity index (χ1) is 18.6. The molecule has 2 aliphatic carbocycles. The normalized spacial score (nSPS) is 25.0. The van der Waals surface area contributed by atoms with Crippen LogP contribution in [0.1, 0.15) is 81.6 Å². The van der Waals surface area contributed by atoms with Gasteiger partial charge < -0.3 is 25.2 Å². The molecule has 2 saturated carbocycles. The van der Waals surface area contributed by atoms with Gasteiger partial charge in [-0.05, 0) is 65.4 Å². The maximum Gasteiger partial charge on any atom is 0.395 e. The molecule has 12 heteroatoms. The van der Waals surface area contributed by atoms with Crippen molar-refractivity contribution in [1.82, 2.24) is 10.6 Å². The van der Waals surface area contributed by atoms with Gasteiger partial charge in [-0.3, -0.25) is 14.4 Å². The van der Waals surface area contributed by atoms with Gasteiger partial charge in [-0.15, -0.1) is 0 Å². The van der Waals surface area contributed by atoms with Gasteiger partial charge in [0, 0.05) is 18.7 Å². The molecule has 40 heavy (non-hydrogen) atoms. The van der Waals surface area contributed by atoms with E-state index in [1.54, 1.807) is 6.92 Å². The van der Waals surface area contributed by atoms with E-state index in [1.807, 2.05) is 6.07 Å². The first kappa shape index (κ1) is 31.0. The Kier molecular flexibility index (Phi) is 9.27. The Bertz CT molecular complexity index is 1170. The van der Waals surface area contributed by atoms with E-state index in [2.05, 4.69) is 10.6 Å². The van der Waals surface area contributed by atoms with Crippen LogP contribution in [0.15, 0.2) is 12.1 Å². The Hall–Kier alpha value is -3.49. The fraction of sp³-hybridized carbons (Fsp3) is 0.643. The smallest absolute Gasteiger partial charge is 0.395 e. The molecule has 3 N–H and O–H groups in total. The summed E-state index contributed by atoms with van der Waals surface area (Å²) >= 11 is 0. The number of benzene rings is 1. The maximum absolute atomic E-state index is 13.3. The second-order valence-corrected chi connectivity index (χ2v) is 11.6. The zero-order valence-electron chi connectivity index (χ0n) is 23.1. The summed E-state index contributed by atoms with van der Waals surface area (Å²) in [6.07, 6.45) is -1.58. The largest absolute Gasteiger partial charge is 0.496 e. The summed E-state index contributed by atoms with van der Waals surface area (Å²) in [7, 11) is 1.34. The van der Waals surface area contributed by atoms with Crippen molar-refractivity contribution in [3.05, 3.63) is 23.3 Å². The summed E-state index contributed by atoms with van der Waals surface area (Å²) in [6, 6.07) is 4.21. The van der Waals surface area contributed by atoms with Crippen LogP contribution in [-0.2, 0) is 9.59 Å². The molecule has 1 aromatic carbocycles. The van der Waals surface area contributed by atoms with E-state index in [9.17, 15) is 37.9 Å². The van der Waals surface area contributed by atoms with Gasteiger partial charge in [0.1, 0.15) is 17.6 Å². The van der Waals surface area contributed by atoms with Crippen LogP contribution in [0.3, 0.4) is 0 Å². The molecule has 0 saturated heterocycles. The number of carbonyl (C=O) groups excluding carboxylic acids is 2. The van der Waals surface area contributed by atoms with E-state index < -0.39 is 53.3 Å². The first-order valence-electron chi connectivity index (χ1n) is 13.3. The van der Waals surface area contributed by atoms with Crippen molar-refractivity contribution in [2.24, 2.45) is 16.7 Å². The fourth-order valence-electron chi connectivity index (χ4n) is 5.06. The number of methoxy groups -OCH3 is 1. The lowest BCUT2D eigenvalue weighted by Crippen LogP contribution is -2.48. The lowest BCUT2D eigenvalue weighted by molar-refractivity contribution is -0.209. The van der Waals surface area contributed by atoms with Crippen LogP contribution in [0.2, 0.25) is 0 Å². The minimum atomic E-state index is -4.48. The number of halogens is 3. The monoisotopic (exact) mass is 567 g/mol. The summed E-state index contributed by atoms with van der Waals surface area (Å²) in [4.78, 5) is 37.6. The summed E-state index contributed by atoms with van der Waals surface area (Å²) in [5.74, 6) is -2.41. The highest BCUT2D eigenvalue weighted by atomic mass is 19.4. The third-order valence-electron chi connectivity index (χ3n) is 8.15. The SMILES string of the molecule is COc1cc(C#N)c(O[C@H]2CC[C@@](C)(C(=O)O)CC2)cc1C(=O)N[C@@H]1CCC[C@@H]1C(=O)NCC(C)(C)C(F)(F)F. The molecule has 1 aromatic rings. The zero-order chi connectivity index (χ0) is 29.9. The number of hydrogen-bond acceptors (Lipinski definition) is 6. The summed E-state index contributed by atoms with van der Waals surface area (Å²) in [6.45, 7) is 3.13. The molecule has 2 fully saturated rings. The highest BCUT2D eigenvalue weighted by molar-refractivity contribution is 5.98. The molecule has 3 rings (SSSR count). The number of carboxylic acids is 1. The number of nitrogens with one attached hydrogen (secondary N) is 2. The second kappa shape index (κ2) is 11.9. The van der Waals surface area contributed by atoms with Crippen molar-refractivity contribution in [2.45, 2.75) is 84.0 Å². The number of carbonyl (C=O) groups is 3. The van der Waals surface area contributed by atoms with Crippen LogP contribution < -0.4 is 20.1 Å². The summed E-state index contributed by atoms with van der Waals surface area (Å²) in [5.41, 5.74) is -2.72. The number of hydrogen-bond donors (Lipinski definition) is 3. The standard InChI is InChI=1S/C28H36F3N3O6/c1-26(2,28(29,30)31)15-33-23(35)18-6-5-7-20(18)34-24(36)19-13-21(16(14-32)12-22(19)39-4)40-17-8-10-27(3,11-9-17)25(37)38/h12-13,17-18,20H,5-11,15H2,1-4H3,(H,33,35)(H,34,36)(H,37,38)/t17-,18-,20+,27+/m0/s1. The molecule has 0 bridgehead atoms. The molecule has 0 spiro atoms. The summed E-state index contributed by atoms with van der Waals surface area (Å²) in [5, 5.41) is 24.3. The van der Waals surface area contributed by atoms with Crippen LogP contribution in [-0.4, -0.2) is 54.9 Å². The molecule has 0 radical (unpaired) electrons. The van der Waals surface area contributed by atoms with Gasteiger partial charge >= 0.3 is 12.1 Å². The fourth-order valence-corrected chi connectivity index (χ4v) is 5.06. The van der Waals surface area contributed by atoms with Gasteiger partial charge in [0.25, 0.3) is 5.91 Å². The van der Waals surface area contributed by atoms with Crippen molar-refractivity contribution >= 4 is 17.8 Å². The molecule has 0 aromatic heterocycles. The van der Waals surface area contributed by atoms with E-state index in [-0.39, 0.29) is 28.7 Å². The molecule has 0 heterocycles. The lowest BCUT2D eigenvalue weighted by atomic mass is 9.75. The summed E-state index contributed by atoms with van der Waals surface area (Å²) < 4.78 is 51.0. The number of nitriles is 1. The number of carboxylic acid groups (broad SMARTS) is 1. The third-order valence-corrected chi connectivity index (χ3v) is 8.15. The highest BCUT2D eigenvalue weighted by Crippen LogP contribution is 2.39. The van der Waals surface area contributed by atoms with E-state index in [0.29, 0.717) is 44.9 Å². The van der Waals surface area contributed by atoms with Crippen molar-refractivity contribution in [2.75, 3.05) is 13.7 Å². The van der Waals surface area contributed by atoms with Gasteiger partial charge in [-0.25, -0.2) is 0 Å². The second-order valence-electron chi connectivity index (χ2n) is 11.6. The number of alkyl halides is 3. The van der Waals surface area contributed by atoms with E-state index in [4.69, 9.17) is 9.47 Å². The number of nitrogens with zero attached hydrogens (tertiary/aromatic N) is 1. The maximum atomic E-state index is 13.3. The topological polar surface area (TPSA) is 138 Å². The average molecular weight is 568 g/mol. The van der Waals surface area contributed by atoms with Gasteiger partial charge in [-0.1, -0.05) is 6.42 Å². The molecule has 0 unspecified atom stereocenters. The lowest BCUT2D eigenvalue weighted by Gasteiger charge is -2.34. The van der Waals surface area contributed by atoms with Gasteiger partial charge in [0.05, 0.1) is 41.1 Å². The molecule has 2 atom stereocenters. The van der Waals surface area contributed by atoms with E-state index in [1.165, 1.54) is 19.2 Å². The Balaban J connectivity index is 1.73. The van der Waals surface area contributed by atoms with E-state index >= 15 is 0 Å². The van der Waals surface area contributed by atoms with Gasteiger partial charge in [0.2, 0.25) is 5.91 Å². The van der Waals surface area contributed by atoms with Crippen molar-refractivity contribution < 1.29 is 42.1 Å². The molecule has 9 nitrogen and oxygen atoms in total. The predicted molar refractivity (Wildman–Crippen MR) is 138 cm³/mol. The Morgan fingerprint density at radius 2 is 1.77 bits per heavy atom. The number of ether oxygens (including phenoxy) is 2. The third kappa shape index (κ3) is 6.80. The molecule has 220 valence electrons. The molecule has 2 aliphatic rings. The molecule has 2 amide bonds. The van der Waals surface area contributed by atoms with Gasteiger partial charge in [-0.2, -0.15) is 18.4 Å². The van der Waals surface area contributed by atoms with Crippen molar-refractivity contribution in [3.8, 4) is 17.6 Å². The van der Waals surface area contributed by atoms with Crippen LogP contribution in [0, 0.1) is 28.1 Å². The Morgan fingerprint density at radius 3 is 2.33 bits per heavy atom. The molecular formula is C28H36F3N3O6. The van der Waals surface area contributed by atoms with Crippen LogP contribution in [0.5, 0.6) is 11.5 Å². The molecular weight excluding hydrogens is 531 g/mol.